The lowest BCUT2D eigenvalue weighted by Crippen LogP contribution is -2.28. The fourth-order valence-corrected chi connectivity index (χ4v) is 10.3. The molecule has 5 saturated carbocycles. The van der Waals surface area contributed by atoms with E-state index >= 15 is 0 Å². The quantitative estimate of drug-likeness (QED) is 0.238. The predicted molar refractivity (Wildman–Crippen MR) is 333 cm³/mol. The molecule has 5 aliphatic rings. The van der Waals surface area contributed by atoms with E-state index in [0.717, 1.165) is 35.0 Å². The predicted octanol–water partition coefficient (Wildman–Crippen LogP) is 26.8. The van der Waals surface area contributed by atoms with Crippen molar-refractivity contribution in [2.24, 2.45) is 67.5 Å². The Labute approximate surface area is 452 Å². The van der Waals surface area contributed by atoms with Crippen LogP contribution < -0.4 is 0 Å². The van der Waals surface area contributed by atoms with Crippen molar-refractivity contribution >= 4 is 0 Å². The Bertz CT molecular complexity index is 1050. The Morgan fingerprint density at radius 2 is 0.814 bits per heavy atom. The minimum atomic E-state index is 0.542. The molecule has 0 heterocycles. The molecule has 0 nitrogen and oxygen atoms in total. The normalized spacial score (nSPS) is 28.2. The van der Waals surface area contributed by atoms with Gasteiger partial charge in [0.1, 0.15) is 0 Å². The molecule has 0 aromatic heterocycles. The molecule has 0 saturated heterocycles. The summed E-state index contributed by atoms with van der Waals surface area (Å²) in [6, 6.07) is 0. The standard InChI is InChI=1S/C11H22.4C10H20.C6H14.C5H12.C4H10.2C2H6/c1-5-11(4)8-6-10(2,3)7-9-11;1-4-10(3)7-5-9(2)6-8-10;1-4-10(3)7-5-6-9(2)8-10;1-4-10(3)8-6-5-7-9(10)2;1-3-7-10(2)8-5-4-6-9-10;1-5-6(2,3)4;1-4-5(2)3;1-4(2)3;2*1-2/h5-9H2,1-4H3;3*9H,4-8H2,1-3H3;3-9H2,1-2H3;5H2,1-4H3;5H,4H2,1-3H3;4H,1-3H3;2*1-2H3. The first-order valence-corrected chi connectivity index (χ1v) is 32.3. The molecule has 0 aromatic carbocycles. The SMILES string of the molecule is CC.CC.CC(C)C.CCC(C)(C)C.CCC(C)C.CCC1(C)CCC(C)(C)CC1.CCC1(C)CCC(C)CC1.CCC1(C)CCCC(C)C1.CCC1(C)CCCCC1C.CCCC1(C)CCCCC1. The topological polar surface area (TPSA) is 0 Å². The van der Waals surface area contributed by atoms with Gasteiger partial charge in [0.25, 0.3) is 0 Å². The van der Waals surface area contributed by atoms with Gasteiger partial charge in [-0.25, -0.2) is 0 Å². The van der Waals surface area contributed by atoms with Gasteiger partial charge in [0.15, 0.2) is 0 Å². The number of hydrogen-bond acceptors (Lipinski definition) is 0. The Hall–Kier alpha value is 0. The van der Waals surface area contributed by atoms with Crippen LogP contribution in [0, 0.1) is 67.5 Å². The maximum atomic E-state index is 2.47. The van der Waals surface area contributed by atoms with E-state index in [2.05, 4.69) is 173 Å². The second-order valence-electron chi connectivity index (χ2n) is 28.8. The molecule has 4 unspecified atom stereocenters. The Balaban J connectivity index is -0.000000231. The molecule has 0 amide bonds. The zero-order valence-corrected chi connectivity index (χ0v) is 55.9. The lowest BCUT2D eigenvalue weighted by Gasteiger charge is -2.41. The second-order valence-corrected chi connectivity index (χ2v) is 28.8. The van der Waals surface area contributed by atoms with Gasteiger partial charge in [-0.3, -0.25) is 0 Å². The van der Waals surface area contributed by atoms with Crippen molar-refractivity contribution < 1.29 is 0 Å². The molecule has 0 heteroatoms. The lowest BCUT2D eigenvalue weighted by molar-refractivity contribution is 0.113. The molecule has 0 radical (unpaired) electrons. The minimum Gasteiger partial charge on any atom is -0.0683 e. The van der Waals surface area contributed by atoms with Gasteiger partial charge in [-0.1, -0.05) is 310 Å². The van der Waals surface area contributed by atoms with Crippen LogP contribution in [0.1, 0.15) is 387 Å². The Morgan fingerprint density at radius 1 is 0.429 bits per heavy atom. The highest BCUT2D eigenvalue weighted by atomic mass is 14.4. The van der Waals surface area contributed by atoms with Gasteiger partial charge in [-0.05, 0) is 145 Å². The third-order valence-corrected chi connectivity index (χ3v) is 18.6. The van der Waals surface area contributed by atoms with Crippen molar-refractivity contribution in [1.82, 2.24) is 0 Å². The van der Waals surface area contributed by atoms with Crippen LogP contribution in [-0.2, 0) is 0 Å². The Morgan fingerprint density at radius 3 is 1.11 bits per heavy atom. The molecule has 0 N–H and O–H groups in total. The third kappa shape index (κ3) is 44.3. The van der Waals surface area contributed by atoms with Crippen LogP contribution in [0.5, 0.6) is 0 Å². The molecule has 0 bridgehead atoms. The first kappa shape index (κ1) is 78.9. The minimum absolute atomic E-state index is 0.542. The van der Waals surface area contributed by atoms with Crippen LogP contribution in [0.2, 0.25) is 0 Å². The van der Waals surface area contributed by atoms with E-state index in [-0.39, 0.29) is 0 Å². The Kier molecular flexibility index (Phi) is 48.6. The molecule has 0 aliphatic heterocycles. The van der Waals surface area contributed by atoms with Crippen LogP contribution in [-0.4, -0.2) is 0 Å². The summed E-state index contributed by atoms with van der Waals surface area (Å²) in [7, 11) is 0. The van der Waals surface area contributed by atoms with Crippen molar-refractivity contribution in [1.29, 1.82) is 0 Å². The van der Waals surface area contributed by atoms with Crippen LogP contribution in [0.25, 0.3) is 0 Å². The van der Waals surface area contributed by atoms with Gasteiger partial charge in [0.05, 0.1) is 0 Å². The third-order valence-electron chi connectivity index (χ3n) is 18.6. The van der Waals surface area contributed by atoms with E-state index in [0.29, 0.717) is 32.5 Å². The van der Waals surface area contributed by atoms with Gasteiger partial charge in [-0.2, -0.15) is 0 Å². The summed E-state index contributed by atoms with van der Waals surface area (Å²) in [6.07, 6.45) is 41.6. The molecule has 70 heavy (non-hydrogen) atoms. The maximum Gasteiger partial charge on any atom is -0.0303 e. The summed E-state index contributed by atoms with van der Waals surface area (Å²) in [5.41, 5.74) is 4.65. The van der Waals surface area contributed by atoms with Crippen LogP contribution in [0.4, 0.5) is 0 Å². The van der Waals surface area contributed by atoms with Crippen LogP contribution >= 0.6 is 0 Å². The first-order chi connectivity index (χ1) is 32.3. The molecule has 430 valence electrons. The highest BCUT2D eigenvalue weighted by Gasteiger charge is 2.34. The largest absolute Gasteiger partial charge is 0.0683 e. The van der Waals surface area contributed by atoms with Gasteiger partial charge in [-0.15, -0.1) is 0 Å². The molecule has 5 fully saturated rings. The van der Waals surface area contributed by atoms with Gasteiger partial charge >= 0.3 is 0 Å². The molecule has 0 aromatic rings. The smallest absolute Gasteiger partial charge is 0.0303 e. The molecular formula is C70H150. The summed E-state index contributed by atoms with van der Waals surface area (Å²) in [6.45, 7) is 66.0. The summed E-state index contributed by atoms with van der Waals surface area (Å²) in [5, 5.41) is 0. The van der Waals surface area contributed by atoms with Crippen molar-refractivity contribution in [3.05, 3.63) is 0 Å². The molecular weight excluding hydrogens is 841 g/mol. The maximum absolute atomic E-state index is 2.47. The lowest BCUT2D eigenvalue weighted by atomic mass is 9.65. The van der Waals surface area contributed by atoms with Crippen molar-refractivity contribution in [3.8, 4) is 0 Å². The summed E-state index contributed by atoms with van der Waals surface area (Å²) < 4.78 is 0. The van der Waals surface area contributed by atoms with Crippen molar-refractivity contribution in [2.75, 3.05) is 0 Å². The average molecular weight is 992 g/mol. The van der Waals surface area contributed by atoms with Crippen LogP contribution in [0.15, 0.2) is 0 Å². The molecule has 0 spiro atoms. The monoisotopic (exact) mass is 991 g/mol. The van der Waals surface area contributed by atoms with E-state index in [1.807, 2.05) is 27.7 Å². The fourth-order valence-electron chi connectivity index (χ4n) is 10.3. The summed E-state index contributed by atoms with van der Waals surface area (Å²) in [4.78, 5) is 0. The number of rotatable bonds is 7. The zero-order valence-electron chi connectivity index (χ0n) is 55.9. The van der Waals surface area contributed by atoms with Gasteiger partial charge in [0, 0.05) is 0 Å². The van der Waals surface area contributed by atoms with Gasteiger partial charge < -0.3 is 0 Å². The molecule has 5 rings (SSSR count). The van der Waals surface area contributed by atoms with Gasteiger partial charge in [0.2, 0.25) is 0 Å². The van der Waals surface area contributed by atoms with E-state index in [9.17, 15) is 0 Å². The fraction of sp³-hybridized carbons (Fsp3) is 1.00. The van der Waals surface area contributed by atoms with E-state index in [1.165, 1.54) is 186 Å². The average Bonchev–Trinajstić information content (AvgIpc) is 3.32. The summed E-state index contributed by atoms with van der Waals surface area (Å²) >= 11 is 0. The van der Waals surface area contributed by atoms with Crippen molar-refractivity contribution in [2.45, 2.75) is 387 Å². The molecule has 5 aliphatic carbocycles. The second kappa shape index (κ2) is 43.1. The molecule has 4 atom stereocenters. The number of hydrogen-bond donors (Lipinski definition) is 0. The summed E-state index contributed by atoms with van der Waals surface area (Å²) in [5.74, 6) is 4.67. The zero-order chi connectivity index (χ0) is 55.9. The van der Waals surface area contributed by atoms with E-state index in [1.54, 1.807) is 0 Å². The highest BCUT2D eigenvalue weighted by Crippen LogP contribution is 2.47. The van der Waals surface area contributed by atoms with E-state index in [4.69, 9.17) is 0 Å². The highest BCUT2D eigenvalue weighted by molar-refractivity contribution is 4.86. The van der Waals surface area contributed by atoms with Crippen molar-refractivity contribution in [3.63, 3.8) is 0 Å². The van der Waals surface area contributed by atoms with E-state index < -0.39 is 0 Å². The first-order valence-electron chi connectivity index (χ1n) is 32.3. The van der Waals surface area contributed by atoms with Crippen LogP contribution in [0.3, 0.4) is 0 Å².